The van der Waals surface area contributed by atoms with E-state index in [9.17, 15) is 0 Å². The highest BCUT2D eigenvalue weighted by Gasteiger charge is 2.09. The third kappa shape index (κ3) is 4.48. The lowest BCUT2D eigenvalue weighted by Gasteiger charge is -2.20. The Balaban J connectivity index is 2.60. The molecular formula is C13H25N3O. The Morgan fingerprint density at radius 2 is 2.12 bits per heavy atom. The van der Waals surface area contributed by atoms with E-state index in [1.807, 2.05) is 11.7 Å². The maximum absolute atomic E-state index is 9.07. The summed E-state index contributed by atoms with van der Waals surface area (Å²) in [4.78, 5) is 2.29. The molecule has 0 aliphatic rings. The zero-order valence-electron chi connectivity index (χ0n) is 11.3. The summed E-state index contributed by atoms with van der Waals surface area (Å²) in [5, 5.41) is 13.5. The first-order chi connectivity index (χ1) is 8.21. The summed E-state index contributed by atoms with van der Waals surface area (Å²) in [6, 6.07) is 2.16. The summed E-state index contributed by atoms with van der Waals surface area (Å²) < 4.78 is 1.95. The first kappa shape index (κ1) is 14.2. The largest absolute Gasteiger partial charge is 0.395 e. The summed E-state index contributed by atoms with van der Waals surface area (Å²) >= 11 is 0. The van der Waals surface area contributed by atoms with Gasteiger partial charge in [0.15, 0.2) is 0 Å². The number of aliphatic hydroxyl groups excluding tert-OH is 1. The number of aliphatic hydroxyl groups is 1. The van der Waals surface area contributed by atoms with Gasteiger partial charge in [0.2, 0.25) is 0 Å². The van der Waals surface area contributed by atoms with Gasteiger partial charge in [-0.05, 0) is 25.5 Å². The minimum Gasteiger partial charge on any atom is -0.395 e. The maximum Gasteiger partial charge on any atom is 0.0625 e. The van der Waals surface area contributed by atoms with E-state index < -0.39 is 0 Å². The quantitative estimate of drug-likeness (QED) is 0.749. The van der Waals surface area contributed by atoms with Crippen LogP contribution in [0.4, 0.5) is 0 Å². The maximum atomic E-state index is 9.07. The molecule has 0 fully saturated rings. The zero-order chi connectivity index (χ0) is 12.7. The number of nitrogens with zero attached hydrogens (tertiary/aromatic N) is 3. The molecule has 1 aromatic rings. The van der Waals surface area contributed by atoms with Crippen molar-refractivity contribution in [3.8, 4) is 0 Å². The molecule has 1 heterocycles. The molecule has 0 bridgehead atoms. The van der Waals surface area contributed by atoms with Gasteiger partial charge >= 0.3 is 0 Å². The predicted molar refractivity (Wildman–Crippen MR) is 69.9 cm³/mol. The van der Waals surface area contributed by atoms with Crippen molar-refractivity contribution in [3.63, 3.8) is 0 Å². The second kappa shape index (κ2) is 7.45. The Morgan fingerprint density at radius 1 is 1.35 bits per heavy atom. The van der Waals surface area contributed by atoms with E-state index >= 15 is 0 Å². The van der Waals surface area contributed by atoms with E-state index in [1.54, 1.807) is 0 Å². The molecule has 0 saturated heterocycles. The molecule has 0 saturated carbocycles. The van der Waals surface area contributed by atoms with Crippen LogP contribution in [0.25, 0.3) is 0 Å². The number of unbranched alkanes of at least 4 members (excludes halogenated alkanes) is 1. The van der Waals surface area contributed by atoms with Crippen LogP contribution in [0.5, 0.6) is 0 Å². The van der Waals surface area contributed by atoms with Crippen LogP contribution in [0.2, 0.25) is 0 Å². The smallest absolute Gasteiger partial charge is 0.0625 e. The fourth-order valence-electron chi connectivity index (χ4n) is 1.91. The van der Waals surface area contributed by atoms with Crippen LogP contribution in [0.1, 0.15) is 38.1 Å². The van der Waals surface area contributed by atoms with Gasteiger partial charge in [0.1, 0.15) is 0 Å². The van der Waals surface area contributed by atoms with Crippen molar-refractivity contribution in [2.45, 2.75) is 39.7 Å². The van der Waals surface area contributed by atoms with Gasteiger partial charge in [-0.15, -0.1) is 0 Å². The molecule has 17 heavy (non-hydrogen) atoms. The Hall–Kier alpha value is -0.870. The molecule has 0 spiro atoms. The van der Waals surface area contributed by atoms with Crippen molar-refractivity contribution in [1.82, 2.24) is 14.7 Å². The monoisotopic (exact) mass is 239 g/mol. The number of aromatic nitrogens is 2. The predicted octanol–water partition coefficient (Wildman–Crippen LogP) is 1.58. The fraction of sp³-hybridized carbons (Fsp3) is 0.769. The highest BCUT2D eigenvalue weighted by atomic mass is 16.3. The van der Waals surface area contributed by atoms with Crippen molar-refractivity contribution < 1.29 is 5.11 Å². The molecule has 1 aromatic heterocycles. The van der Waals surface area contributed by atoms with E-state index in [2.05, 4.69) is 29.9 Å². The molecule has 0 aliphatic carbocycles. The van der Waals surface area contributed by atoms with E-state index in [-0.39, 0.29) is 6.61 Å². The fourth-order valence-corrected chi connectivity index (χ4v) is 1.91. The molecule has 0 aliphatic heterocycles. The topological polar surface area (TPSA) is 41.3 Å². The van der Waals surface area contributed by atoms with Gasteiger partial charge in [0.25, 0.3) is 0 Å². The highest BCUT2D eigenvalue weighted by molar-refractivity contribution is 5.10. The van der Waals surface area contributed by atoms with Crippen molar-refractivity contribution >= 4 is 0 Å². The number of hydrogen-bond donors (Lipinski definition) is 1. The number of hydrogen-bond acceptors (Lipinski definition) is 3. The van der Waals surface area contributed by atoms with Gasteiger partial charge in [-0.2, -0.15) is 5.10 Å². The lowest BCUT2D eigenvalue weighted by molar-refractivity contribution is 0.185. The molecule has 98 valence electrons. The highest BCUT2D eigenvalue weighted by Crippen LogP contribution is 2.08. The van der Waals surface area contributed by atoms with Crippen LogP contribution in [-0.2, 0) is 20.0 Å². The summed E-state index contributed by atoms with van der Waals surface area (Å²) in [7, 11) is 1.99. The van der Waals surface area contributed by atoms with E-state index in [4.69, 9.17) is 5.11 Å². The van der Waals surface area contributed by atoms with Crippen molar-refractivity contribution in [2.24, 2.45) is 7.05 Å². The lowest BCUT2D eigenvalue weighted by atomic mass is 10.2. The third-order valence-electron chi connectivity index (χ3n) is 3.02. The molecule has 4 nitrogen and oxygen atoms in total. The summed E-state index contributed by atoms with van der Waals surface area (Å²) in [5.41, 5.74) is 2.37. The average molecular weight is 239 g/mol. The van der Waals surface area contributed by atoms with Gasteiger partial charge in [0, 0.05) is 20.1 Å². The standard InChI is InChI=1S/C13H25N3O/c1-4-6-7-16(8-9-17)11-13-10-12(5-2)14-15(13)3/h10,17H,4-9,11H2,1-3H3. The Kier molecular flexibility index (Phi) is 6.22. The summed E-state index contributed by atoms with van der Waals surface area (Å²) in [6.07, 6.45) is 3.34. The molecule has 0 amide bonds. The van der Waals surface area contributed by atoms with Crippen LogP contribution < -0.4 is 0 Å². The van der Waals surface area contributed by atoms with E-state index in [0.29, 0.717) is 0 Å². The van der Waals surface area contributed by atoms with Crippen LogP contribution >= 0.6 is 0 Å². The van der Waals surface area contributed by atoms with E-state index in [1.165, 1.54) is 18.5 Å². The van der Waals surface area contributed by atoms with Crippen LogP contribution in [0.3, 0.4) is 0 Å². The van der Waals surface area contributed by atoms with Gasteiger partial charge < -0.3 is 5.11 Å². The molecule has 1 N–H and O–H groups in total. The van der Waals surface area contributed by atoms with Gasteiger partial charge in [-0.25, -0.2) is 0 Å². The number of rotatable bonds is 8. The summed E-state index contributed by atoms with van der Waals surface area (Å²) in [5.74, 6) is 0. The second-order valence-electron chi connectivity index (χ2n) is 4.46. The lowest BCUT2D eigenvalue weighted by Crippen LogP contribution is -2.28. The molecule has 0 aromatic carbocycles. The van der Waals surface area contributed by atoms with Gasteiger partial charge in [-0.3, -0.25) is 9.58 Å². The molecule has 0 unspecified atom stereocenters. The number of aryl methyl sites for hydroxylation is 2. The van der Waals surface area contributed by atoms with Crippen molar-refractivity contribution in [1.29, 1.82) is 0 Å². The molecule has 0 radical (unpaired) electrons. The second-order valence-corrected chi connectivity index (χ2v) is 4.46. The first-order valence-corrected chi connectivity index (χ1v) is 6.56. The Bertz CT molecular complexity index is 322. The summed E-state index contributed by atoms with van der Waals surface area (Å²) in [6.45, 7) is 7.20. The minimum atomic E-state index is 0.224. The molecule has 1 rings (SSSR count). The third-order valence-corrected chi connectivity index (χ3v) is 3.02. The van der Waals surface area contributed by atoms with Gasteiger partial charge in [-0.1, -0.05) is 20.3 Å². The van der Waals surface area contributed by atoms with Crippen LogP contribution in [-0.4, -0.2) is 39.5 Å². The van der Waals surface area contributed by atoms with Crippen LogP contribution in [0.15, 0.2) is 6.07 Å². The SMILES string of the molecule is CCCCN(CCO)Cc1cc(CC)nn1C. The average Bonchev–Trinajstić information content (AvgIpc) is 2.67. The van der Waals surface area contributed by atoms with Crippen molar-refractivity contribution in [2.75, 3.05) is 19.7 Å². The van der Waals surface area contributed by atoms with Crippen molar-refractivity contribution in [3.05, 3.63) is 17.5 Å². The Morgan fingerprint density at radius 3 is 2.65 bits per heavy atom. The zero-order valence-corrected chi connectivity index (χ0v) is 11.3. The van der Waals surface area contributed by atoms with Gasteiger partial charge in [0.05, 0.1) is 18.0 Å². The molecular weight excluding hydrogens is 214 g/mol. The first-order valence-electron chi connectivity index (χ1n) is 6.56. The van der Waals surface area contributed by atoms with E-state index in [0.717, 1.165) is 31.7 Å². The molecule has 0 atom stereocenters. The molecule has 4 heteroatoms. The Labute approximate surface area is 104 Å². The van der Waals surface area contributed by atoms with Crippen LogP contribution in [0, 0.1) is 0 Å². The normalized spacial score (nSPS) is 11.4. The minimum absolute atomic E-state index is 0.224.